The van der Waals surface area contributed by atoms with Gasteiger partial charge in [-0.3, -0.25) is 4.98 Å². The monoisotopic (exact) mass is 290 g/mol. The number of hydrogen-bond donors (Lipinski definition) is 1. The predicted octanol–water partition coefficient (Wildman–Crippen LogP) is 1.67. The van der Waals surface area contributed by atoms with Gasteiger partial charge in [0.1, 0.15) is 4.90 Å². The maximum absolute atomic E-state index is 11.9. The maximum atomic E-state index is 11.9. The van der Waals surface area contributed by atoms with Gasteiger partial charge in [-0.25, -0.2) is 13.1 Å². The first-order chi connectivity index (χ1) is 6.91. The Morgan fingerprint density at radius 1 is 1.47 bits per heavy atom. The third-order valence-corrected chi connectivity index (χ3v) is 4.41. The molecule has 1 N–H and O–H groups in total. The maximum Gasteiger partial charge on any atom is 0.242 e. The summed E-state index contributed by atoms with van der Waals surface area (Å²) in [5, 5.41) is 0. The van der Waals surface area contributed by atoms with Crippen LogP contribution >= 0.6 is 15.9 Å². The van der Waals surface area contributed by atoms with Crippen molar-refractivity contribution in [3.05, 3.63) is 22.9 Å². The van der Waals surface area contributed by atoms with E-state index in [0.717, 1.165) is 12.8 Å². The summed E-state index contributed by atoms with van der Waals surface area (Å²) in [6.07, 6.45) is 4.69. The molecule has 1 heterocycles. The first-order valence-corrected chi connectivity index (χ1v) is 6.83. The van der Waals surface area contributed by atoms with E-state index < -0.39 is 10.0 Å². The summed E-state index contributed by atoms with van der Waals surface area (Å²) in [7, 11) is -3.42. The predicted molar refractivity (Wildman–Crippen MR) is 59.9 cm³/mol. The minimum absolute atomic E-state index is 0.199. The van der Waals surface area contributed by atoms with Gasteiger partial charge in [-0.05, 0) is 41.8 Å². The molecule has 0 spiro atoms. The number of nitrogens with one attached hydrogen (secondary N) is 1. The van der Waals surface area contributed by atoms with Crippen LogP contribution in [0.25, 0.3) is 0 Å². The minimum atomic E-state index is -3.42. The highest BCUT2D eigenvalue weighted by molar-refractivity contribution is 9.10. The van der Waals surface area contributed by atoms with Crippen LogP contribution in [0.5, 0.6) is 0 Å². The fourth-order valence-electron chi connectivity index (χ4n) is 1.21. The van der Waals surface area contributed by atoms with Gasteiger partial charge in [0, 0.05) is 22.4 Å². The number of nitrogens with zero attached hydrogens (tertiary/aromatic N) is 1. The fraction of sp³-hybridized carbons (Fsp3) is 0.444. The SMILES string of the molecule is CC1(NS(=O)(=O)c2cncc(Br)c2)CC1. The Morgan fingerprint density at radius 2 is 2.13 bits per heavy atom. The standard InChI is InChI=1S/C9H11BrN2O2S/c1-9(2-3-9)12-15(13,14)8-4-7(10)5-11-6-8/h4-6,12H,2-3H2,1H3. The first-order valence-electron chi connectivity index (χ1n) is 4.56. The number of rotatable bonds is 3. The molecule has 0 atom stereocenters. The second-order valence-corrected chi connectivity index (χ2v) is 6.60. The molecule has 15 heavy (non-hydrogen) atoms. The highest BCUT2D eigenvalue weighted by atomic mass is 79.9. The summed E-state index contributed by atoms with van der Waals surface area (Å²) in [5.41, 5.74) is -0.249. The Hall–Kier alpha value is -0.460. The van der Waals surface area contributed by atoms with Gasteiger partial charge >= 0.3 is 0 Å². The molecular formula is C9H11BrN2O2S. The molecule has 0 unspecified atom stereocenters. The Bertz CT molecular complexity index is 483. The van der Waals surface area contributed by atoms with E-state index in [1.54, 1.807) is 12.3 Å². The van der Waals surface area contributed by atoms with Crippen LogP contribution < -0.4 is 4.72 Å². The van der Waals surface area contributed by atoms with Crippen LogP contribution in [-0.2, 0) is 10.0 Å². The summed E-state index contributed by atoms with van der Waals surface area (Å²) in [6, 6.07) is 1.54. The van der Waals surface area contributed by atoms with Gasteiger partial charge in [0.05, 0.1) is 0 Å². The molecule has 0 aromatic carbocycles. The summed E-state index contributed by atoms with van der Waals surface area (Å²) >= 11 is 3.20. The summed E-state index contributed by atoms with van der Waals surface area (Å²) < 4.78 is 27.1. The third-order valence-electron chi connectivity index (χ3n) is 2.37. The zero-order chi connectivity index (χ0) is 11.1. The van der Waals surface area contributed by atoms with Gasteiger partial charge in [0.25, 0.3) is 0 Å². The van der Waals surface area contributed by atoms with E-state index >= 15 is 0 Å². The first kappa shape index (κ1) is 11.0. The van der Waals surface area contributed by atoms with Crippen molar-refractivity contribution < 1.29 is 8.42 Å². The second-order valence-electron chi connectivity index (χ2n) is 4.01. The lowest BCUT2D eigenvalue weighted by atomic mass is 10.4. The van der Waals surface area contributed by atoms with Crippen molar-refractivity contribution in [3.63, 3.8) is 0 Å². The summed E-state index contributed by atoms with van der Waals surface area (Å²) in [5.74, 6) is 0. The van der Waals surface area contributed by atoms with Crippen LogP contribution in [0.3, 0.4) is 0 Å². The zero-order valence-corrected chi connectivity index (χ0v) is 10.6. The average molecular weight is 291 g/mol. The van der Waals surface area contributed by atoms with E-state index in [9.17, 15) is 8.42 Å². The lowest BCUT2D eigenvalue weighted by Gasteiger charge is -2.11. The minimum Gasteiger partial charge on any atom is -0.262 e. The van der Waals surface area contributed by atoms with Crippen molar-refractivity contribution in [1.82, 2.24) is 9.71 Å². The van der Waals surface area contributed by atoms with Gasteiger partial charge in [0.15, 0.2) is 0 Å². The normalized spacial score (nSPS) is 18.8. The smallest absolute Gasteiger partial charge is 0.242 e. The number of pyridine rings is 1. The molecule has 2 rings (SSSR count). The molecule has 0 saturated heterocycles. The largest absolute Gasteiger partial charge is 0.262 e. The number of hydrogen-bond acceptors (Lipinski definition) is 3. The van der Waals surface area contributed by atoms with E-state index in [1.807, 2.05) is 6.92 Å². The van der Waals surface area contributed by atoms with Crippen molar-refractivity contribution in [2.45, 2.75) is 30.2 Å². The third kappa shape index (κ3) is 2.56. The van der Waals surface area contributed by atoms with Crippen molar-refractivity contribution in [1.29, 1.82) is 0 Å². The second kappa shape index (κ2) is 3.54. The quantitative estimate of drug-likeness (QED) is 0.921. The molecule has 1 saturated carbocycles. The fourth-order valence-corrected chi connectivity index (χ4v) is 3.18. The highest BCUT2D eigenvalue weighted by Gasteiger charge is 2.41. The molecular weight excluding hydrogens is 280 g/mol. The van der Waals surface area contributed by atoms with E-state index in [0.29, 0.717) is 4.47 Å². The molecule has 1 fully saturated rings. The molecule has 0 radical (unpaired) electrons. The van der Waals surface area contributed by atoms with E-state index in [1.165, 1.54) is 6.20 Å². The number of aromatic nitrogens is 1. The Morgan fingerprint density at radius 3 is 2.67 bits per heavy atom. The van der Waals surface area contributed by atoms with Gasteiger partial charge in [-0.2, -0.15) is 0 Å². The van der Waals surface area contributed by atoms with Gasteiger partial charge in [-0.15, -0.1) is 0 Å². The lowest BCUT2D eigenvalue weighted by Crippen LogP contribution is -2.34. The number of halogens is 1. The molecule has 0 aliphatic heterocycles. The van der Waals surface area contributed by atoms with Gasteiger partial charge in [-0.1, -0.05) is 0 Å². The van der Waals surface area contributed by atoms with Crippen molar-refractivity contribution >= 4 is 26.0 Å². The van der Waals surface area contributed by atoms with Crippen LogP contribution in [0.15, 0.2) is 27.8 Å². The van der Waals surface area contributed by atoms with E-state index in [4.69, 9.17) is 0 Å². The van der Waals surface area contributed by atoms with E-state index in [2.05, 4.69) is 25.6 Å². The van der Waals surface area contributed by atoms with Crippen LogP contribution in [-0.4, -0.2) is 18.9 Å². The molecule has 0 amide bonds. The molecule has 0 bridgehead atoms. The zero-order valence-electron chi connectivity index (χ0n) is 8.20. The van der Waals surface area contributed by atoms with Gasteiger partial charge in [0.2, 0.25) is 10.0 Å². The molecule has 4 nitrogen and oxygen atoms in total. The molecule has 1 aromatic rings. The average Bonchev–Trinajstić information content (AvgIpc) is 2.82. The lowest BCUT2D eigenvalue weighted by molar-refractivity contribution is 0.557. The molecule has 82 valence electrons. The summed E-state index contributed by atoms with van der Waals surface area (Å²) in [4.78, 5) is 4.03. The van der Waals surface area contributed by atoms with Crippen molar-refractivity contribution in [2.75, 3.05) is 0 Å². The van der Waals surface area contributed by atoms with Crippen LogP contribution in [0.2, 0.25) is 0 Å². The Labute approximate surface area is 97.3 Å². The van der Waals surface area contributed by atoms with Crippen molar-refractivity contribution in [3.8, 4) is 0 Å². The van der Waals surface area contributed by atoms with Gasteiger partial charge < -0.3 is 0 Å². The van der Waals surface area contributed by atoms with Crippen LogP contribution in [0.1, 0.15) is 19.8 Å². The van der Waals surface area contributed by atoms with Crippen LogP contribution in [0, 0.1) is 0 Å². The topological polar surface area (TPSA) is 59.1 Å². The molecule has 1 aliphatic carbocycles. The highest BCUT2D eigenvalue weighted by Crippen LogP contribution is 2.35. The summed E-state index contributed by atoms with van der Waals surface area (Å²) in [6.45, 7) is 1.90. The molecule has 1 aliphatic rings. The Balaban J connectivity index is 2.29. The molecule has 1 aromatic heterocycles. The van der Waals surface area contributed by atoms with E-state index in [-0.39, 0.29) is 10.4 Å². The Kier molecular flexibility index (Phi) is 2.60. The van der Waals surface area contributed by atoms with Crippen LogP contribution in [0.4, 0.5) is 0 Å². The van der Waals surface area contributed by atoms with Crippen molar-refractivity contribution in [2.24, 2.45) is 0 Å². The molecule has 6 heteroatoms. The number of sulfonamides is 1.